The van der Waals surface area contributed by atoms with Crippen molar-refractivity contribution in [3.8, 4) is 0 Å². The van der Waals surface area contributed by atoms with Gasteiger partial charge in [-0.25, -0.2) is 4.98 Å². The minimum absolute atomic E-state index is 0. The summed E-state index contributed by atoms with van der Waals surface area (Å²) in [6.07, 6.45) is 12.1. The molecule has 1 fully saturated rings. The van der Waals surface area contributed by atoms with E-state index in [4.69, 9.17) is 0 Å². The molecular formula is C38H31Cl2N8O3Ru. The zero-order valence-corrected chi connectivity index (χ0v) is 31.1. The van der Waals surface area contributed by atoms with Gasteiger partial charge in [-0.3, -0.25) is 24.7 Å². The number of fused-ring (bicyclic) bond motifs is 7. The molecule has 0 atom stereocenters. The summed E-state index contributed by atoms with van der Waals surface area (Å²) in [5.74, 6) is -0.893. The van der Waals surface area contributed by atoms with Gasteiger partial charge in [-0.2, -0.15) is 4.98 Å². The van der Waals surface area contributed by atoms with Gasteiger partial charge in [0.15, 0.2) is 0 Å². The number of pyridine rings is 5. The van der Waals surface area contributed by atoms with E-state index in [0.717, 1.165) is 69.5 Å². The summed E-state index contributed by atoms with van der Waals surface area (Å²) in [7, 11) is 0. The molecule has 1 saturated heterocycles. The Kier molecular flexibility index (Phi) is 13.6. The number of carbonyl (C=O) groups excluding carboxylic acids is 1. The van der Waals surface area contributed by atoms with Gasteiger partial charge in [0, 0.05) is 78.4 Å². The molecule has 9 rings (SSSR count). The topological polar surface area (TPSA) is 143 Å². The first kappa shape index (κ1) is 39.6. The number of carboxylic acid groups (broad SMARTS) is 1. The van der Waals surface area contributed by atoms with Crippen molar-refractivity contribution in [3.05, 3.63) is 126 Å². The minimum Gasteiger partial charge on any atom is -1.00 e. The third-order valence-corrected chi connectivity index (χ3v) is 8.44. The molecule has 1 aliphatic rings. The predicted octanol–water partition coefficient (Wildman–Crippen LogP) is -0.653. The van der Waals surface area contributed by atoms with Crippen molar-refractivity contribution in [2.24, 2.45) is 0 Å². The number of benzene rings is 2. The van der Waals surface area contributed by atoms with Gasteiger partial charge in [-0.1, -0.05) is 48.5 Å². The summed E-state index contributed by atoms with van der Waals surface area (Å²) in [5.41, 5.74) is 3.42. The first-order valence-corrected chi connectivity index (χ1v) is 16.0. The maximum atomic E-state index is 12.1. The van der Waals surface area contributed by atoms with Crippen LogP contribution in [0.4, 0.5) is 5.95 Å². The van der Waals surface area contributed by atoms with Crippen LogP contribution in [0.25, 0.3) is 54.6 Å². The van der Waals surface area contributed by atoms with E-state index in [9.17, 15) is 14.7 Å². The Morgan fingerprint density at radius 2 is 1.12 bits per heavy atom. The molecule has 0 unspecified atom stereocenters. The van der Waals surface area contributed by atoms with Crippen LogP contribution in [0.5, 0.6) is 0 Å². The molecule has 11 nitrogen and oxygen atoms in total. The fraction of sp³-hybridized carbons (Fsp3) is 0.158. The number of carboxylic acids is 1. The average Bonchev–Trinajstić information content (AvgIpc) is 3.71. The second kappa shape index (κ2) is 17.9. The number of aromatic nitrogens is 7. The monoisotopic (exact) mass is 819 g/mol. The molecular weight excluding hydrogens is 788 g/mol. The molecule has 0 aliphatic carbocycles. The Labute approximate surface area is 323 Å². The second-order valence-electron chi connectivity index (χ2n) is 11.5. The summed E-state index contributed by atoms with van der Waals surface area (Å²) >= 11 is 0. The van der Waals surface area contributed by atoms with E-state index in [1.165, 1.54) is 12.4 Å². The fourth-order valence-electron chi connectivity index (χ4n) is 5.98. The summed E-state index contributed by atoms with van der Waals surface area (Å²) in [6.45, 7) is 4.17. The van der Waals surface area contributed by atoms with Crippen molar-refractivity contribution in [1.82, 2.24) is 34.5 Å². The van der Waals surface area contributed by atoms with Gasteiger partial charge in [0.1, 0.15) is 5.65 Å². The normalized spacial score (nSPS) is 11.8. The molecule has 7 heterocycles. The van der Waals surface area contributed by atoms with Crippen LogP contribution in [0.2, 0.25) is 0 Å². The number of nitrogens with zero attached hydrogens (tertiary/aromatic N) is 8. The van der Waals surface area contributed by atoms with Crippen molar-refractivity contribution in [2.45, 2.75) is 26.3 Å². The Morgan fingerprint density at radius 1 is 0.692 bits per heavy atom. The number of carbonyl (C=O) groups is 1. The third-order valence-electron chi connectivity index (χ3n) is 8.44. The first-order valence-electron chi connectivity index (χ1n) is 16.0. The first-order chi connectivity index (χ1) is 24.0. The summed E-state index contributed by atoms with van der Waals surface area (Å²) in [4.78, 5) is 51.3. The SMILES string of the molecule is CCn1cc(C(=O)[O-])c(=O)c2cnc(N3CCCC3)nc21.[Cl-].[Cl-].[Ru+3].c1cnc2c(c1)ccc1cccnc12.c1cnc2c(c1)ccc1cccnc12. The van der Waals surface area contributed by atoms with Crippen LogP contribution in [0.1, 0.15) is 30.1 Å². The number of hydrogen-bond donors (Lipinski definition) is 0. The van der Waals surface area contributed by atoms with Crippen LogP contribution in [0.15, 0.2) is 115 Å². The molecule has 14 heteroatoms. The largest absolute Gasteiger partial charge is 3.00 e. The maximum absolute atomic E-state index is 12.1. The van der Waals surface area contributed by atoms with Gasteiger partial charge in [0.25, 0.3) is 0 Å². The van der Waals surface area contributed by atoms with Gasteiger partial charge >= 0.3 is 19.5 Å². The van der Waals surface area contributed by atoms with Gasteiger partial charge in [0.2, 0.25) is 11.4 Å². The van der Waals surface area contributed by atoms with E-state index in [1.54, 1.807) is 29.4 Å². The van der Waals surface area contributed by atoms with E-state index in [2.05, 4.69) is 83.3 Å². The van der Waals surface area contributed by atoms with Crippen molar-refractivity contribution in [1.29, 1.82) is 0 Å². The average molecular weight is 820 g/mol. The van der Waals surface area contributed by atoms with Gasteiger partial charge in [-0.15, -0.1) is 0 Å². The van der Waals surface area contributed by atoms with Crippen molar-refractivity contribution >= 4 is 66.6 Å². The summed E-state index contributed by atoms with van der Waals surface area (Å²) < 4.78 is 1.64. The van der Waals surface area contributed by atoms with Crippen LogP contribution in [0.3, 0.4) is 0 Å². The second-order valence-corrected chi connectivity index (χ2v) is 11.5. The van der Waals surface area contributed by atoms with Crippen molar-refractivity contribution < 1.29 is 54.2 Å². The number of anilines is 1. The standard InChI is InChI=1S/C14H16N4O3.2C12H8N2.2ClH.Ru/c1-2-17-8-10(13(20)21)11(19)9-7-15-14(16-12(9)17)18-5-3-4-6-18;2*1-3-9-5-6-10-4-2-8-14-12(10)11(9)13-7-1;;;/h7-8H,2-6H2,1H3,(H,20,21);2*1-8H;2*1H;/q;;;;;+3/p-3. The van der Waals surface area contributed by atoms with Crippen LogP contribution in [-0.4, -0.2) is 53.5 Å². The van der Waals surface area contributed by atoms with Crippen LogP contribution in [0, 0.1) is 0 Å². The van der Waals surface area contributed by atoms with E-state index < -0.39 is 11.4 Å². The Bertz CT molecular complexity index is 2330. The quantitative estimate of drug-likeness (QED) is 0.167. The third kappa shape index (κ3) is 8.15. The Morgan fingerprint density at radius 3 is 1.50 bits per heavy atom. The maximum Gasteiger partial charge on any atom is 3.00 e. The number of rotatable bonds is 3. The Balaban J connectivity index is 0.000000174. The zero-order valence-electron chi connectivity index (χ0n) is 27.8. The number of aromatic carboxylic acids is 1. The van der Waals surface area contributed by atoms with Crippen LogP contribution < -0.4 is 40.2 Å². The smallest absolute Gasteiger partial charge is 1.00 e. The Hall–Kier alpha value is -5.16. The molecule has 2 aromatic carbocycles. The molecule has 1 aliphatic heterocycles. The molecule has 6 aromatic heterocycles. The molecule has 52 heavy (non-hydrogen) atoms. The predicted molar refractivity (Wildman–Crippen MR) is 189 cm³/mol. The van der Waals surface area contributed by atoms with E-state index >= 15 is 0 Å². The van der Waals surface area contributed by atoms with Gasteiger partial charge in [0.05, 0.1) is 39.0 Å². The summed E-state index contributed by atoms with van der Waals surface area (Å²) in [6, 6.07) is 24.3. The molecule has 0 spiro atoms. The van der Waals surface area contributed by atoms with Crippen LogP contribution in [-0.2, 0) is 26.0 Å². The molecule has 263 valence electrons. The molecule has 0 N–H and O–H groups in total. The van der Waals surface area contributed by atoms with Crippen molar-refractivity contribution in [2.75, 3.05) is 18.0 Å². The van der Waals surface area contributed by atoms with E-state index in [-0.39, 0.29) is 55.2 Å². The van der Waals surface area contributed by atoms with E-state index in [0.29, 0.717) is 18.1 Å². The molecule has 0 bridgehead atoms. The molecule has 0 saturated carbocycles. The molecule has 8 aromatic rings. The number of aryl methyl sites for hydroxylation is 1. The van der Waals surface area contributed by atoms with Crippen molar-refractivity contribution in [3.63, 3.8) is 0 Å². The van der Waals surface area contributed by atoms with Crippen LogP contribution >= 0.6 is 0 Å². The minimum atomic E-state index is -1.48. The number of halogens is 2. The number of hydrogen-bond acceptors (Lipinski definition) is 10. The summed E-state index contributed by atoms with van der Waals surface area (Å²) in [5, 5.41) is 15.8. The fourth-order valence-corrected chi connectivity index (χ4v) is 5.98. The van der Waals surface area contributed by atoms with Gasteiger partial charge in [-0.05, 0) is 44.0 Å². The molecule has 1 radical (unpaired) electrons. The van der Waals surface area contributed by atoms with Gasteiger partial charge < -0.3 is 44.2 Å². The van der Waals surface area contributed by atoms with E-state index in [1.807, 2.05) is 31.2 Å². The zero-order chi connectivity index (χ0) is 33.7. The molecule has 0 amide bonds.